The number of nitrogens with zero attached hydrogens (tertiary/aromatic N) is 2. The van der Waals surface area contributed by atoms with Crippen molar-refractivity contribution in [1.82, 2.24) is 20.4 Å². The van der Waals surface area contributed by atoms with Gasteiger partial charge in [-0.25, -0.2) is 0 Å². The minimum Gasteiger partial charge on any atom is -0.354 e. The van der Waals surface area contributed by atoms with Gasteiger partial charge in [-0.2, -0.15) is 0 Å². The monoisotopic (exact) mass is 821 g/mol. The van der Waals surface area contributed by atoms with E-state index in [0.29, 0.717) is 52.1 Å². The lowest BCUT2D eigenvalue weighted by atomic mass is 10.00. The van der Waals surface area contributed by atoms with Crippen molar-refractivity contribution in [3.8, 4) is 0 Å². The Hall–Kier alpha value is -2.20. The number of carbonyl (C=O) groups excluding carboxylic acids is 4. The zero-order valence-corrected chi connectivity index (χ0v) is 39.0. The summed E-state index contributed by atoms with van der Waals surface area (Å²) in [5.74, 6) is -0.210. The van der Waals surface area contributed by atoms with E-state index >= 15 is 0 Å². The standard InChI is InChI=1S/C48H96N6O4/c1-7-9-11-13-15-17-19-21-23-25-29-33-43(55)53(39-35-49)45(41(3)4)47(57)51-37-31-27-28-32-38-52-48(58)46(42(5)6)54(40-36-50)44(56)34-30-26-24-22-20-18-16-14-12-10-8-2/h41-42,45-46H,7-40,49-50H2,1-6H3,(H,51,57)(H,52,58). The summed E-state index contributed by atoms with van der Waals surface area (Å²) < 4.78 is 0. The van der Waals surface area contributed by atoms with Crippen molar-refractivity contribution >= 4 is 23.6 Å². The quantitative estimate of drug-likeness (QED) is 0.0451. The van der Waals surface area contributed by atoms with Gasteiger partial charge in [0.1, 0.15) is 12.1 Å². The van der Waals surface area contributed by atoms with E-state index in [2.05, 4.69) is 24.5 Å². The highest BCUT2D eigenvalue weighted by Crippen LogP contribution is 2.18. The average molecular weight is 821 g/mol. The van der Waals surface area contributed by atoms with E-state index in [1.54, 1.807) is 9.80 Å². The molecule has 2 atom stereocenters. The molecule has 10 nitrogen and oxygen atoms in total. The third kappa shape index (κ3) is 28.3. The second kappa shape index (κ2) is 39.0. The molecule has 0 saturated carbocycles. The molecule has 0 heterocycles. The van der Waals surface area contributed by atoms with E-state index in [4.69, 9.17) is 11.5 Å². The SMILES string of the molecule is CCCCCCCCCCCCCC(=O)N(CCN)C(C(=O)NCCCCCCNC(=O)C(C(C)C)N(CCN)C(=O)CCCCCCCCCCCCC)C(C)C. The maximum absolute atomic E-state index is 13.4. The molecule has 10 heteroatoms. The summed E-state index contributed by atoms with van der Waals surface area (Å²) in [4.78, 5) is 56.8. The van der Waals surface area contributed by atoms with Crippen LogP contribution in [0.5, 0.6) is 0 Å². The number of carbonyl (C=O) groups is 4. The minimum atomic E-state index is -0.529. The van der Waals surface area contributed by atoms with Gasteiger partial charge in [0.25, 0.3) is 0 Å². The first-order valence-corrected chi connectivity index (χ1v) is 24.6. The second-order valence-corrected chi connectivity index (χ2v) is 17.7. The van der Waals surface area contributed by atoms with Gasteiger partial charge in [-0.05, 0) is 37.5 Å². The summed E-state index contributed by atoms with van der Waals surface area (Å²) in [5, 5.41) is 6.17. The Bertz CT molecular complexity index is 931. The molecule has 0 aromatic carbocycles. The van der Waals surface area contributed by atoms with E-state index in [1.165, 1.54) is 103 Å². The fraction of sp³-hybridized carbons (Fsp3) is 0.917. The summed E-state index contributed by atoms with van der Waals surface area (Å²) in [5.41, 5.74) is 11.8. The predicted molar refractivity (Wildman–Crippen MR) is 245 cm³/mol. The Kier molecular flexibility index (Phi) is 37.5. The molecule has 2 unspecified atom stereocenters. The van der Waals surface area contributed by atoms with Crippen LogP contribution in [0.15, 0.2) is 0 Å². The van der Waals surface area contributed by atoms with E-state index < -0.39 is 12.1 Å². The second-order valence-electron chi connectivity index (χ2n) is 17.7. The first-order chi connectivity index (χ1) is 28.1. The molecule has 0 radical (unpaired) electrons. The summed E-state index contributed by atoms with van der Waals surface area (Å²) >= 11 is 0. The van der Waals surface area contributed by atoms with Crippen LogP contribution in [-0.4, -0.2) is 84.8 Å². The van der Waals surface area contributed by atoms with E-state index in [0.717, 1.165) is 64.2 Å². The Morgan fingerprint density at radius 3 is 0.931 bits per heavy atom. The van der Waals surface area contributed by atoms with E-state index in [-0.39, 0.29) is 35.5 Å². The molecule has 0 saturated heterocycles. The smallest absolute Gasteiger partial charge is 0.243 e. The first-order valence-electron chi connectivity index (χ1n) is 24.6. The van der Waals surface area contributed by atoms with Crippen LogP contribution in [0, 0.1) is 11.8 Å². The molecule has 0 spiro atoms. The van der Waals surface area contributed by atoms with Gasteiger partial charge in [-0.15, -0.1) is 0 Å². The molecular formula is C48H96N6O4. The zero-order valence-electron chi connectivity index (χ0n) is 39.0. The fourth-order valence-electron chi connectivity index (χ4n) is 8.13. The summed E-state index contributed by atoms with van der Waals surface area (Å²) in [6.07, 6.45) is 31.5. The molecule has 0 fully saturated rings. The molecule has 0 aliphatic carbocycles. The van der Waals surface area contributed by atoms with Gasteiger partial charge in [0.15, 0.2) is 0 Å². The van der Waals surface area contributed by atoms with Crippen LogP contribution in [0.4, 0.5) is 0 Å². The molecule has 0 aromatic rings. The largest absolute Gasteiger partial charge is 0.354 e. The van der Waals surface area contributed by atoms with Crippen molar-refractivity contribution in [3.05, 3.63) is 0 Å². The van der Waals surface area contributed by atoms with Crippen LogP contribution in [0.1, 0.15) is 221 Å². The number of nitrogens with two attached hydrogens (primary N) is 2. The minimum absolute atomic E-state index is 0.0216. The van der Waals surface area contributed by atoms with Gasteiger partial charge in [0.05, 0.1) is 0 Å². The molecule has 6 N–H and O–H groups in total. The Balaban J connectivity index is 4.56. The Morgan fingerprint density at radius 1 is 0.414 bits per heavy atom. The molecule has 4 amide bonds. The number of hydrogen-bond acceptors (Lipinski definition) is 6. The highest BCUT2D eigenvalue weighted by atomic mass is 16.2. The lowest BCUT2D eigenvalue weighted by Gasteiger charge is -2.33. The number of rotatable bonds is 41. The number of amides is 4. The fourth-order valence-corrected chi connectivity index (χ4v) is 8.13. The van der Waals surface area contributed by atoms with Gasteiger partial charge in [-0.1, -0.05) is 183 Å². The van der Waals surface area contributed by atoms with E-state index in [9.17, 15) is 19.2 Å². The zero-order chi connectivity index (χ0) is 43.2. The Morgan fingerprint density at radius 2 is 0.672 bits per heavy atom. The van der Waals surface area contributed by atoms with Crippen LogP contribution in [0.25, 0.3) is 0 Å². The van der Waals surface area contributed by atoms with Crippen molar-refractivity contribution in [2.75, 3.05) is 39.3 Å². The lowest BCUT2D eigenvalue weighted by molar-refractivity contribution is -0.142. The summed E-state index contributed by atoms with van der Waals surface area (Å²) in [6, 6.07) is -1.06. The van der Waals surface area contributed by atoms with Gasteiger partial charge in [-0.3, -0.25) is 19.2 Å². The number of nitrogens with one attached hydrogen (secondary N) is 2. The number of unbranched alkanes of at least 4 members (excludes halogenated alkanes) is 23. The molecule has 0 aromatic heterocycles. The van der Waals surface area contributed by atoms with E-state index in [1.807, 2.05) is 27.7 Å². The van der Waals surface area contributed by atoms with Crippen LogP contribution in [0.2, 0.25) is 0 Å². The first kappa shape index (κ1) is 55.8. The molecular weight excluding hydrogens is 725 g/mol. The Labute approximate surface area is 358 Å². The molecule has 0 bridgehead atoms. The molecule has 0 aliphatic rings. The predicted octanol–water partition coefficient (Wildman–Crippen LogP) is 9.81. The van der Waals surface area contributed by atoms with Crippen LogP contribution in [0.3, 0.4) is 0 Å². The highest BCUT2D eigenvalue weighted by Gasteiger charge is 2.32. The lowest BCUT2D eigenvalue weighted by Crippen LogP contribution is -2.53. The highest BCUT2D eigenvalue weighted by molar-refractivity contribution is 5.88. The average Bonchev–Trinajstić information content (AvgIpc) is 3.19. The topological polar surface area (TPSA) is 151 Å². The van der Waals surface area contributed by atoms with Crippen LogP contribution in [-0.2, 0) is 19.2 Å². The maximum atomic E-state index is 13.4. The maximum Gasteiger partial charge on any atom is 0.243 e. The van der Waals surface area contributed by atoms with Crippen molar-refractivity contribution < 1.29 is 19.2 Å². The molecule has 0 aliphatic heterocycles. The van der Waals surface area contributed by atoms with Gasteiger partial charge in [0.2, 0.25) is 23.6 Å². The number of hydrogen-bond donors (Lipinski definition) is 4. The van der Waals surface area contributed by atoms with Gasteiger partial charge < -0.3 is 31.9 Å². The normalized spacial score (nSPS) is 12.5. The van der Waals surface area contributed by atoms with Crippen LogP contribution < -0.4 is 22.1 Å². The van der Waals surface area contributed by atoms with Crippen molar-refractivity contribution in [1.29, 1.82) is 0 Å². The summed E-state index contributed by atoms with van der Waals surface area (Å²) in [7, 11) is 0. The third-order valence-electron chi connectivity index (χ3n) is 11.5. The van der Waals surface area contributed by atoms with Gasteiger partial charge in [0, 0.05) is 52.1 Å². The van der Waals surface area contributed by atoms with Crippen molar-refractivity contribution in [3.63, 3.8) is 0 Å². The third-order valence-corrected chi connectivity index (χ3v) is 11.5. The van der Waals surface area contributed by atoms with Gasteiger partial charge >= 0.3 is 0 Å². The molecule has 342 valence electrons. The summed E-state index contributed by atoms with van der Waals surface area (Å²) in [6.45, 7) is 15.0. The van der Waals surface area contributed by atoms with Crippen molar-refractivity contribution in [2.45, 2.75) is 233 Å². The van der Waals surface area contributed by atoms with Crippen LogP contribution >= 0.6 is 0 Å². The van der Waals surface area contributed by atoms with Crippen molar-refractivity contribution in [2.24, 2.45) is 23.3 Å². The molecule has 0 rings (SSSR count). The molecule has 58 heavy (non-hydrogen) atoms.